The third kappa shape index (κ3) is 2.31. The number of anilines is 1. The van der Waals surface area contributed by atoms with Crippen LogP contribution in [0.5, 0.6) is 0 Å². The van der Waals surface area contributed by atoms with E-state index >= 15 is 0 Å². The van der Waals surface area contributed by atoms with E-state index in [1.165, 1.54) is 24.8 Å². The van der Waals surface area contributed by atoms with Gasteiger partial charge in [0.15, 0.2) is 0 Å². The maximum absolute atomic E-state index is 5.56. The molecule has 2 aliphatic rings. The number of piperazine rings is 1. The monoisotopic (exact) mass is 284 g/mol. The van der Waals surface area contributed by atoms with E-state index in [-0.39, 0.29) is 0 Å². The van der Waals surface area contributed by atoms with Crippen LogP contribution in [0.2, 0.25) is 0 Å². The summed E-state index contributed by atoms with van der Waals surface area (Å²) in [6, 6.07) is 9.90. The van der Waals surface area contributed by atoms with E-state index in [2.05, 4.69) is 39.4 Å². The van der Waals surface area contributed by atoms with Crippen LogP contribution < -0.4 is 10.2 Å². The first kappa shape index (κ1) is 12.8. The molecule has 5 heteroatoms. The molecule has 2 saturated heterocycles. The van der Waals surface area contributed by atoms with Crippen LogP contribution in [0.1, 0.15) is 24.8 Å². The molecule has 110 valence electrons. The Labute approximate surface area is 124 Å². The molecule has 1 aromatic carbocycles. The number of hydrogen-bond acceptors (Lipinski definition) is 5. The van der Waals surface area contributed by atoms with Gasteiger partial charge in [0, 0.05) is 30.7 Å². The number of benzene rings is 1. The summed E-state index contributed by atoms with van der Waals surface area (Å²) in [6.45, 7) is 4.10. The Kier molecular flexibility index (Phi) is 3.15. The molecule has 2 bridgehead atoms. The molecule has 3 heterocycles. The largest absolute Gasteiger partial charge is 0.324 e. The van der Waals surface area contributed by atoms with Crippen molar-refractivity contribution in [2.75, 3.05) is 18.0 Å². The quantitative estimate of drug-likeness (QED) is 0.917. The van der Waals surface area contributed by atoms with Crippen LogP contribution in [0, 0.1) is 6.92 Å². The third-order valence-electron chi connectivity index (χ3n) is 4.57. The molecule has 0 saturated carbocycles. The van der Waals surface area contributed by atoms with Crippen molar-refractivity contribution in [2.45, 2.75) is 38.3 Å². The number of aromatic nitrogens is 2. The average molecular weight is 284 g/mol. The van der Waals surface area contributed by atoms with Crippen LogP contribution in [0.15, 0.2) is 28.8 Å². The zero-order chi connectivity index (χ0) is 14.2. The molecule has 5 nitrogen and oxygen atoms in total. The predicted octanol–water partition coefficient (Wildman–Crippen LogP) is 2.38. The predicted molar refractivity (Wildman–Crippen MR) is 81.2 cm³/mol. The van der Waals surface area contributed by atoms with E-state index in [1.54, 1.807) is 0 Å². The maximum Gasteiger partial charge on any atom is 0.324 e. The van der Waals surface area contributed by atoms with Gasteiger partial charge in [-0.25, -0.2) is 0 Å². The van der Waals surface area contributed by atoms with Gasteiger partial charge in [-0.15, -0.1) is 0 Å². The van der Waals surface area contributed by atoms with E-state index in [4.69, 9.17) is 4.52 Å². The van der Waals surface area contributed by atoms with Gasteiger partial charge < -0.3 is 14.7 Å². The van der Waals surface area contributed by atoms with Gasteiger partial charge in [0.25, 0.3) is 0 Å². The Morgan fingerprint density at radius 3 is 2.57 bits per heavy atom. The lowest BCUT2D eigenvalue weighted by atomic mass is 9.93. The molecule has 2 atom stereocenters. The highest BCUT2D eigenvalue weighted by Gasteiger charge is 2.36. The van der Waals surface area contributed by atoms with Gasteiger partial charge in [0.2, 0.25) is 5.82 Å². The van der Waals surface area contributed by atoms with Crippen molar-refractivity contribution >= 4 is 6.01 Å². The van der Waals surface area contributed by atoms with Crippen molar-refractivity contribution in [1.29, 1.82) is 0 Å². The third-order valence-corrected chi connectivity index (χ3v) is 4.57. The number of fused-ring (bicyclic) bond motifs is 2. The van der Waals surface area contributed by atoms with Gasteiger partial charge in [-0.1, -0.05) is 35.0 Å². The summed E-state index contributed by atoms with van der Waals surface area (Å²) in [5, 5.41) is 7.67. The Morgan fingerprint density at radius 2 is 1.86 bits per heavy atom. The van der Waals surface area contributed by atoms with Crippen LogP contribution >= 0.6 is 0 Å². The zero-order valence-electron chi connectivity index (χ0n) is 12.2. The van der Waals surface area contributed by atoms with Gasteiger partial charge in [0.05, 0.1) is 0 Å². The molecule has 2 aromatic rings. The van der Waals surface area contributed by atoms with Gasteiger partial charge in [-0.3, -0.25) is 0 Å². The summed E-state index contributed by atoms with van der Waals surface area (Å²) >= 11 is 0. The highest BCUT2D eigenvalue weighted by molar-refractivity contribution is 5.56. The number of aryl methyl sites for hydroxylation is 1. The fraction of sp³-hybridized carbons (Fsp3) is 0.500. The lowest BCUT2D eigenvalue weighted by Crippen LogP contribution is -2.60. The van der Waals surface area contributed by atoms with Crippen molar-refractivity contribution in [1.82, 2.24) is 15.5 Å². The minimum atomic E-state index is 0.490. The first-order chi connectivity index (χ1) is 10.3. The van der Waals surface area contributed by atoms with Crippen molar-refractivity contribution in [3.8, 4) is 11.4 Å². The number of nitrogens with one attached hydrogen (secondary N) is 1. The highest BCUT2D eigenvalue weighted by Crippen LogP contribution is 2.31. The smallest absolute Gasteiger partial charge is 0.316 e. The van der Waals surface area contributed by atoms with E-state index < -0.39 is 0 Å². The van der Waals surface area contributed by atoms with Gasteiger partial charge in [0.1, 0.15) is 0 Å². The van der Waals surface area contributed by atoms with Crippen molar-refractivity contribution < 1.29 is 4.52 Å². The molecular formula is C16H20N4O. The second kappa shape index (κ2) is 5.15. The first-order valence-corrected chi connectivity index (χ1v) is 7.71. The Hall–Kier alpha value is -1.88. The average Bonchev–Trinajstić information content (AvgIpc) is 2.96. The van der Waals surface area contributed by atoms with Crippen molar-refractivity contribution in [3.05, 3.63) is 29.8 Å². The molecule has 21 heavy (non-hydrogen) atoms. The molecule has 4 rings (SSSR count). The molecule has 0 amide bonds. The lowest BCUT2D eigenvalue weighted by Gasteiger charge is -2.45. The van der Waals surface area contributed by atoms with Crippen LogP contribution in [0.4, 0.5) is 6.01 Å². The summed E-state index contributed by atoms with van der Waals surface area (Å²) < 4.78 is 5.56. The summed E-state index contributed by atoms with van der Waals surface area (Å²) in [7, 11) is 0. The summed E-state index contributed by atoms with van der Waals surface area (Å²) in [4.78, 5) is 6.97. The molecule has 0 radical (unpaired) electrons. The van der Waals surface area contributed by atoms with Gasteiger partial charge in [-0.05, 0) is 26.2 Å². The summed E-state index contributed by atoms with van der Waals surface area (Å²) in [6.07, 6.45) is 3.70. The number of nitrogens with zero attached hydrogens (tertiary/aromatic N) is 3. The second-order valence-corrected chi connectivity index (χ2v) is 6.07. The molecule has 2 aliphatic heterocycles. The van der Waals surface area contributed by atoms with E-state index in [1.807, 2.05) is 12.1 Å². The fourth-order valence-electron chi connectivity index (χ4n) is 3.44. The van der Waals surface area contributed by atoms with Crippen LogP contribution in [-0.2, 0) is 0 Å². The molecule has 1 N–H and O–H groups in total. The Morgan fingerprint density at radius 1 is 1.14 bits per heavy atom. The van der Waals surface area contributed by atoms with Crippen molar-refractivity contribution in [3.63, 3.8) is 0 Å². The van der Waals surface area contributed by atoms with Crippen LogP contribution in [-0.4, -0.2) is 35.3 Å². The second-order valence-electron chi connectivity index (χ2n) is 6.07. The van der Waals surface area contributed by atoms with Crippen molar-refractivity contribution in [2.24, 2.45) is 0 Å². The number of piperidine rings is 1. The molecule has 2 fully saturated rings. The lowest BCUT2D eigenvalue weighted by molar-refractivity contribution is 0.281. The fourth-order valence-corrected chi connectivity index (χ4v) is 3.44. The minimum Gasteiger partial charge on any atom is -0.316 e. The number of rotatable bonds is 2. The molecule has 0 spiro atoms. The molecule has 2 unspecified atom stereocenters. The SMILES string of the molecule is Cc1ccc(-c2noc(N3C4CCCC3CNC4)n2)cc1. The van der Waals surface area contributed by atoms with Crippen LogP contribution in [0.3, 0.4) is 0 Å². The standard InChI is InChI=1S/C16H20N4O/c1-11-5-7-12(8-6-11)15-18-16(21-19-15)20-13-3-2-4-14(20)10-17-9-13/h5-8,13-14,17H,2-4,9-10H2,1H3. The van der Waals surface area contributed by atoms with Gasteiger partial charge in [-0.2, -0.15) is 4.98 Å². The topological polar surface area (TPSA) is 54.2 Å². The van der Waals surface area contributed by atoms with Crippen LogP contribution in [0.25, 0.3) is 11.4 Å². The summed E-state index contributed by atoms with van der Waals surface area (Å²) in [5.74, 6) is 0.682. The number of hydrogen-bond donors (Lipinski definition) is 1. The normalized spacial score (nSPS) is 25.1. The molecular weight excluding hydrogens is 264 g/mol. The zero-order valence-corrected chi connectivity index (χ0v) is 12.2. The van der Waals surface area contributed by atoms with E-state index in [9.17, 15) is 0 Å². The highest BCUT2D eigenvalue weighted by atomic mass is 16.5. The van der Waals surface area contributed by atoms with Gasteiger partial charge >= 0.3 is 6.01 Å². The minimum absolute atomic E-state index is 0.490. The van der Waals surface area contributed by atoms with E-state index in [0.717, 1.165) is 18.7 Å². The molecule has 0 aliphatic carbocycles. The Bertz CT molecular complexity index is 599. The first-order valence-electron chi connectivity index (χ1n) is 7.71. The Balaban J connectivity index is 1.63. The maximum atomic E-state index is 5.56. The van der Waals surface area contributed by atoms with E-state index in [0.29, 0.717) is 23.9 Å². The summed E-state index contributed by atoms with van der Waals surface area (Å²) in [5.41, 5.74) is 2.25. The molecule has 1 aromatic heterocycles.